The second-order valence-corrected chi connectivity index (χ2v) is 3.21. The van der Waals surface area contributed by atoms with Crippen molar-refractivity contribution >= 4 is 0 Å². The second-order valence-electron chi connectivity index (χ2n) is 3.21. The number of ether oxygens (including phenoxy) is 1. The summed E-state index contributed by atoms with van der Waals surface area (Å²) in [5.74, 6) is 0.883. The molecule has 0 saturated carbocycles. The number of nitrogens with two attached hydrogens (primary N) is 1. The van der Waals surface area contributed by atoms with Crippen LogP contribution >= 0.6 is 0 Å². The monoisotopic (exact) mass is 190 g/mol. The van der Waals surface area contributed by atoms with Gasteiger partial charge in [0.1, 0.15) is 11.8 Å². The molecule has 0 radical (unpaired) electrons. The Hall–Kier alpha value is -1.53. The summed E-state index contributed by atoms with van der Waals surface area (Å²) < 4.78 is 5.05. The van der Waals surface area contributed by atoms with Gasteiger partial charge in [-0.2, -0.15) is 5.26 Å². The molecule has 1 aromatic carbocycles. The quantitative estimate of drug-likeness (QED) is 0.788. The largest absolute Gasteiger partial charge is 0.495 e. The molecule has 1 atom stereocenters. The molecule has 0 aliphatic rings. The Morgan fingerprint density at radius 2 is 2.29 bits per heavy atom. The van der Waals surface area contributed by atoms with E-state index in [0.29, 0.717) is 17.9 Å². The molecule has 0 aromatic heterocycles. The topological polar surface area (TPSA) is 59.0 Å². The number of hydrogen-bond acceptors (Lipinski definition) is 3. The molecule has 14 heavy (non-hydrogen) atoms. The Morgan fingerprint density at radius 1 is 1.57 bits per heavy atom. The van der Waals surface area contributed by atoms with Crippen molar-refractivity contribution in [3.05, 3.63) is 29.3 Å². The number of hydrogen-bond donors (Lipinski definition) is 1. The lowest BCUT2D eigenvalue weighted by molar-refractivity contribution is 0.413. The van der Waals surface area contributed by atoms with Crippen molar-refractivity contribution in [3.63, 3.8) is 0 Å². The summed E-state index contributed by atoms with van der Waals surface area (Å²) in [6, 6.07) is 7.68. The molecule has 0 amide bonds. The Labute approximate surface area is 84.1 Å². The maximum atomic E-state index is 8.87. The SMILES string of the molecule is COc1ccc(C(C)CN)cc1C#N. The van der Waals surface area contributed by atoms with Gasteiger partial charge in [0, 0.05) is 0 Å². The third-order valence-electron chi connectivity index (χ3n) is 2.27. The van der Waals surface area contributed by atoms with E-state index in [1.165, 1.54) is 0 Å². The Bertz CT molecular complexity index is 355. The van der Waals surface area contributed by atoms with Gasteiger partial charge >= 0.3 is 0 Å². The van der Waals surface area contributed by atoms with Crippen molar-refractivity contribution in [2.24, 2.45) is 5.73 Å². The molecule has 1 unspecified atom stereocenters. The van der Waals surface area contributed by atoms with Crippen LogP contribution in [0.15, 0.2) is 18.2 Å². The predicted molar refractivity (Wildman–Crippen MR) is 55.2 cm³/mol. The van der Waals surface area contributed by atoms with Gasteiger partial charge in [-0.3, -0.25) is 0 Å². The minimum Gasteiger partial charge on any atom is -0.495 e. The van der Waals surface area contributed by atoms with Crippen LogP contribution < -0.4 is 10.5 Å². The van der Waals surface area contributed by atoms with Crippen molar-refractivity contribution in [2.45, 2.75) is 12.8 Å². The average molecular weight is 190 g/mol. The van der Waals surface area contributed by atoms with E-state index in [2.05, 4.69) is 6.07 Å². The molecular weight excluding hydrogens is 176 g/mol. The van der Waals surface area contributed by atoms with E-state index in [1.54, 1.807) is 13.2 Å². The summed E-state index contributed by atoms with van der Waals surface area (Å²) in [7, 11) is 1.56. The highest BCUT2D eigenvalue weighted by Gasteiger charge is 2.07. The molecule has 3 heteroatoms. The van der Waals surface area contributed by atoms with Gasteiger partial charge in [0.15, 0.2) is 0 Å². The van der Waals surface area contributed by atoms with E-state index in [4.69, 9.17) is 15.7 Å². The fourth-order valence-corrected chi connectivity index (χ4v) is 1.26. The molecule has 1 rings (SSSR count). The van der Waals surface area contributed by atoms with Crippen molar-refractivity contribution in [2.75, 3.05) is 13.7 Å². The molecule has 74 valence electrons. The Balaban J connectivity index is 3.09. The van der Waals surface area contributed by atoms with E-state index in [0.717, 1.165) is 5.56 Å². The Morgan fingerprint density at radius 3 is 2.79 bits per heavy atom. The molecular formula is C11H14N2O. The summed E-state index contributed by atoms with van der Waals surface area (Å²) in [6.45, 7) is 2.61. The number of nitriles is 1. The lowest BCUT2D eigenvalue weighted by Gasteiger charge is -2.10. The first-order valence-electron chi connectivity index (χ1n) is 4.51. The highest BCUT2D eigenvalue weighted by molar-refractivity contribution is 5.46. The van der Waals surface area contributed by atoms with Gasteiger partial charge in [0.05, 0.1) is 12.7 Å². The van der Waals surface area contributed by atoms with E-state index in [1.807, 2.05) is 19.1 Å². The standard InChI is InChI=1S/C11H14N2O/c1-8(6-12)9-3-4-11(14-2)10(5-9)7-13/h3-5,8H,6,12H2,1-2H3. The first-order valence-corrected chi connectivity index (χ1v) is 4.51. The van der Waals surface area contributed by atoms with Crippen molar-refractivity contribution in [1.29, 1.82) is 5.26 Å². The molecule has 0 spiro atoms. The van der Waals surface area contributed by atoms with Gasteiger partial charge in [-0.15, -0.1) is 0 Å². The molecule has 1 aromatic rings. The zero-order chi connectivity index (χ0) is 10.6. The molecule has 0 saturated heterocycles. The molecule has 3 nitrogen and oxygen atoms in total. The third kappa shape index (κ3) is 2.04. The maximum Gasteiger partial charge on any atom is 0.136 e. The normalized spacial score (nSPS) is 11.9. The van der Waals surface area contributed by atoms with Gasteiger partial charge in [0.2, 0.25) is 0 Å². The van der Waals surface area contributed by atoms with Crippen LogP contribution in [0.3, 0.4) is 0 Å². The Kier molecular flexibility index (Phi) is 3.49. The summed E-state index contributed by atoms with van der Waals surface area (Å²) in [4.78, 5) is 0. The second kappa shape index (κ2) is 4.64. The molecule has 2 N–H and O–H groups in total. The van der Waals surface area contributed by atoms with Crippen LogP contribution in [0.2, 0.25) is 0 Å². The van der Waals surface area contributed by atoms with Crippen LogP contribution in [-0.2, 0) is 0 Å². The van der Waals surface area contributed by atoms with Crippen molar-refractivity contribution in [1.82, 2.24) is 0 Å². The highest BCUT2D eigenvalue weighted by atomic mass is 16.5. The number of benzene rings is 1. The van der Waals surface area contributed by atoms with Gasteiger partial charge in [-0.25, -0.2) is 0 Å². The lowest BCUT2D eigenvalue weighted by Crippen LogP contribution is -2.09. The van der Waals surface area contributed by atoms with E-state index in [9.17, 15) is 0 Å². The van der Waals surface area contributed by atoms with Crippen LogP contribution in [0.5, 0.6) is 5.75 Å². The van der Waals surface area contributed by atoms with Crippen molar-refractivity contribution < 1.29 is 4.74 Å². The average Bonchev–Trinajstić information content (AvgIpc) is 2.26. The minimum absolute atomic E-state index is 0.271. The summed E-state index contributed by atoms with van der Waals surface area (Å²) in [5.41, 5.74) is 7.19. The molecule has 0 bridgehead atoms. The number of rotatable bonds is 3. The molecule has 0 aliphatic heterocycles. The van der Waals surface area contributed by atoms with Gasteiger partial charge in [-0.1, -0.05) is 13.0 Å². The summed E-state index contributed by atoms with van der Waals surface area (Å²) >= 11 is 0. The van der Waals surface area contributed by atoms with Crippen LogP contribution in [0, 0.1) is 11.3 Å². The van der Waals surface area contributed by atoms with E-state index < -0.39 is 0 Å². The molecule has 0 aliphatic carbocycles. The fraction of sp³-hybridized carbons (Fsp3) is 0.364. The zero-order valence-corrected chi connectivity index (χ0v) is 8.45. The van der Waals surface area contributed by atoms with Gasteiger partial charge in [-0.05, 0) is 30.2 Å². The van der Waals surface area contributed by atoms with Crippen LogP contribution in [-0.4, -0.2) is 13.7 Å². The van der Waals surface area contributed by atoms with Crippen molar-refractivity contribution in [3.8, 4) is 11.8 Å². The third-order valence-corrected chi connectivity index (χ3v) is 2.27. The van der Waals surface area contributed by atoms with Gasteiger partial charge in [0.25, 0.3) is 0 Å². The lowest BCUT2D eigenvalue weighted by atomic mass is 9.99. The van der Waals surface area contributed by atoms with Gasteiger partial charge < -0.3 is 10.5 Å². The highest BCUT2D eigenvalue weighted by Crippen LogP contribution is 2.22. The molecule has 0 heterocycles. The predicted octanol–water partition coefficient (Wildman–Crippen LogP) is 1.63. The van der Waals surface area contributed by atoms with Crippen LogP contribution in [0.4, 0.5) is 0 Å². The summed E-state index contributed by atoms with van der Waals surface area (Å²) in [5, 5.41) is 8.87. The van der Waals surface area contributed by atoms with Crippen LogP contribution in [0.1, 0.15) is 24.0 Å². The maximum absolute atomic E-state index is 8.87. The van der Waals surface area contributed by atoms with E-state index >= 15 is 0 Å². The molecule has 0 fully saturated rings. The van der Waals surface area contributed by atoms with E-state index in [-0.39, 0.29) is 5.92 Å². The summed E-state index contributed by atoms with van der Waals surface area (Å²) in [6.07, 6.45) is 0. The minimum atomic E-state index is 0.271. The fourth-order valence-electron chi connectivity index (χ4n) is 1.26. The first-order chi connectivity index (χ1) is 6.72. The zero-order valence-electron chi connectivity index (χ0n) is 8.45. The number of nitrogens with zero attached hydrogens (tertiary/aromatic N) is 1. The first kappa shape index (κ1) is 10.6. The smallest absolute Gasteiger partial charge is 0.136 e. The van der Waals surface area contributed by atoms with Crippen LogP contribution in [0.25, 0.3) is 0 Å². The number of methoxy groups -OCH3 is 1.